The van der Waals surface area contributed by atoms with Crippen molar-refractivity contribution in [2.75, 3.05) is 6.54 Å². The summed E-state index contributed by atoms with van der Waals surface area (Å²) in [5.41, 5.74) is 2.20. The number of rotatable bonds is 7. The normalized spacial score (nSPS) is 12.6. The first-order valence-electron chi connectivity index (χ1n) is 7.36. The van der Waals surface area contributed by atoms with Crippen LogP contribution in [0.2, 0.25) is 0 Å². The molecule has 0 aliphatic rings. The molecule has 0 amide bonds. The van der Waals surface area contributed by atoms with Crippen molar-refractivity contribution in [3.8, 4) is 11.4 Å². The maximum Gasteiger partial charge on any atom is 0.228 e. The molecule has 1 aromatic heterocycles. The van der Waals surface area contributed by atoms with Crippen LogP contribution < -0.4 is 5.32 Å². The first kappa shape index (κ1) is 14.7. The Balaban J connectivity index is 2.10. The molecule has 0 aliphatic heterocycles. The van der Waals surface area contributed by atoms with Gasteiger partial charge in [-0.25, -0.2) is 0 Å². The van der Waals surface area contributed by atoms with E-state index in [0.29, 0.717) is 17.8 Å². The topological polar surface area (TPSA) is 51.0 Å². The summed E-state index contributed by atoms with van der Waals surface area (Å²) in [6, 6.07) is 8.51. The number of likely N-dealkylation sites (N-methyl/N-ethyl adjacent to an activating group) is 1. The summed E-state index contributed by atoms with van der Waals surface area (Å²) in [5, 5.41) is 7.57. The standard InChI is InChI=1S/C16H23N3O/c1-4-8-13(17-5-2)11-15-18-16(19-20-15)14-10-7-6-9-12(14)3/h6-7,9-10,13,17H,4-5,8,11H2,1-3H3. The number of hydrogen-bond acceptors (Lipinski definition) is 4. The van der Waals surface area contributed by atoms with Crippen LogP contribution in [0.5, 0.6) is 0 Å². The van der Waals surface area contributed by atoms with Crippen molar-refractivity contribution in [3.05, 3.63) is 35.7 Å². The van der Waals surface area contributed by atoms with Crippen LogP contribution in [-0.2, 0) is 6.42 Å². The fraction of sp³-hybridized carbons (Fsp3) is 0.500. The van der Waals surface area contributed by atoms with Crippen molar-refractivity contribution < 1.29 is 4.52 Å². The van der Waals surface area contributed by atoms with Crippen LogP contribution in [0.3, 0.4) is 0 Å². The smallest absolute Gasteiger partial charge is 0.228 e. The fourth-order valence-corrected chi connectivity index (χ4v) is 2.40. The quantitative estimate of drug-likeness (QED) is 0.840. The van der Waals surface area contributed by atoms with Crippen molar-refractivity contribution in [1.82, 2.24) is 15.5 Å². The lowest BCUT2D eigenvalue weighted by molar-refractivity contribution is 0.352. The maximum atomic E-state index is 5.40. The van der Waals surface area contributed by atoms with Gasteiger partial charge in [-0.05, 0) is 25.5 Å². The minimum Gasteiger partial charge on any atom is -0.339 e. The van der Waals surface area contributed by atoms with Gasteiger partial charge in [-0.3, -0.25) is 0 Å². The summed E-state index contributed by atoms with van der Waals surface area (Å²) in [6.45, 7) is 7.33. The van der Waals surface area contributed by atoms with E-state index in [9.17, 15) is 0 Å². The number of aryl methyl sites for hydroxylation is 1. The predicted molar refractivity (Wildman–Crippen MR) is 80.5 cm³/mol. The molecule has 1 N–H and O–H groups in total. The third-order valence-electron chi connectivity index (χ3n) is 3.41. The van der Waals surface area contributed by atoms with Crippen molar-refractivity contribution in [2.45, 2.75) is 46.1 Å². The van der Waals surface area contributed by atoms with Crippen molar-refractivity contribution in [1.29, 1.82) is 0 Å². The van der Waals surface area contributed by atoms with Gasteiger partial charge in [-0.2, -0.15) is 4.98 Å². The number of hydrogen-bond donors (Lipinski definition) is 1. The minimum atomic E-state index is 0.412. The Hall–Kier alpha value is -1.68. The molecule has 0 fully saturated rings. The van der Waals surface area contributed by atoms with Crippen molar-refractivity contribution in [2.24, 2.45) is 0 Å². The molecule has 0 saturated heterocycles. The number of benzene rings is 1. The van der Waals surface area contributed by atoms with Gasteiger partial charge in [0, 0.05) is 18.0 Å². The monoisotopic (exact) mass is 273 g/mol. The van der Waals surface area contributed by atoms with Crippen LogP contribution in [0.15, 0.2) is 28.8 Å². The number of aromatic nitrogens is 2. The van der Waals surface area contributed by atoms with Crippen LogP contribution in [0.25, 0.3) is 11.4 Å². The summed E-state index contributed by atoms with van der Waals surface area (Å²) in [7, 11) is 0. The van der Waals surface area contributed by atoms with E-state index in [1.54, 1.807) is 0 Å². The molecule has 108 valence electrons. The lowest BCUT2D eigenvalue weighted by Crippen LogP contribution is -2.30. The first-order valence-corrected chi connectivity index (χ1v) is 7.36. The first-order chi connectivity index (χ1) is 9.74. The van der Waals surface area contributed by atoms with Crippen LogP contribution >= 0.6 is 0 Å². The molecule has 0 bridgehead atoms. The molecule has 20 heavy (non-hydrogen) atoms. The zero-order chi connectivity index (χ0) is 14.4. The van der Waals surface area contributed by atoms with Gasteiger partial charge in [-0.15, -0.1) is 0 Å². The minimum absolute atomic E-state index is 0.412. The Morgan fingerprint density at radius 2 is 2.05 bits per heavy atom. The molecule has 4 heteroatoms. The van der Waals surface area contributed by atoms with Gasteiger partial charge >= 0.3 is 0 Å². The highest BCUT2D eigenvalue weighted by atomic mass is 16.5. The Labute approximate surface area is 120 Å². The molecule has 4 nitrogen and oxygen atoms in total. The van der Waals surface area contributed by atoms with E-state index in [-0.39, 0.29) is 0 Å². The molecule has 0 spiro atoms. The van der Waals surface area contributed by atoms with Crippen LogP contribution in [0.1, 0.15) is 38.1 Å². The second-order valence-electron chi connectivity index (χ2n) is 5.07. The van der Waals surface area contributed by atoms with Gasteiger partial charge in [0.05, 0.1) is 0 Å². The molecule has 0 saturated carbocycles. The molecule has 2 rings (SSSR count). The molecule has 1 unspecified atom stereocenters. The second kappa shape index (κ2) is 7.20. The van der Waals surface area contributed by atoms with Gasteiger partial charge in [-0.1, -0.05) is 49.7 Å². The van der Waals surface area contributed by atoms with Crippen molar-refractivity contribution >= 4 is 0 Å². The highest BCUT2D eigenvalue weighted by Crippen LogP contribution is 2.20. The SMILES string of the molecule is CCCC(Cc1nc(-c2ccccc2C)no1)NCC. The number of nitrogens with one attached hydrogen (secondary N) is 1. The Morgan fingerprint density at radius 1 is 1.25 bits per heavy atom. The molecule has 0 radical (unpaired) electrons. The summed E-state index contributed by atoms with van der Waals surface area (Å²) in [5.74, 6) is 1.40. The van der Waals surface area contributed by atoms with Gasteiger partial charge in [0.1, 0.15) is 0 Å². The molecule has 1 heterocycles. The second-order valence-corrected chi connectivity index (χ2v) is 5.07. The van der Waals surface area contributed by atoms with Gasteiger partial charge in [0.2, 0.25) is 11.7 Å². The largest absolute Gasteiger partial charge is 0.339 e. The van der Waals surface area contributed by atoms with Crippen LogP contribution in [0.4, 0.5) is 0 Å². The van der Waals surface area contributed by atoms with Gasteiger partial charge in [0.25, 0.3) is 0 Å². The van der Waals surface area contributed by atoms with Gasteiger partial charge < -0.3 is 9.84 Å². The molecule has 1 atom stereocenters. The van der Waals surface area contributed by atoms with E-state index in [1.165, 1.54) is 0 Å². The lowest BCUT2D eigenvalue weighted by Gasteiger charge is -2.14. The zero-order valence-corrected chi connectivity index (χ0v) is 12.5. The maximum absolute atomic E-state index is 5.40. The lowest BCUT2D eigenvalue weighted by atomic mass is 10.1. The average Bonchev–Trinajstić information content (AvgIpc) is 2.88. The molecule has 0 aliphatic carbocycles. The van der Waals surface area contributed by atoms with E-state index in [4.69, 9.17) is 4.52 Å². The number of nitrogens with zero attached hydrogens (tertiary/aromatic N) is 2. The predicted octanol–water partition coefficient (Wildman–Crippen LogP) is 3.37. The third kappa shape index (κ3) is 3.67. The fourth-order valence-electron chi connectivity index (χ4n) is 2.40. The molecular weight excluding hydrogens is 250 g/mol. The Kier molecular flexibility index (Phi) is 5.30. The van der Waals surface area contributed by atoms with Crippen LogP contribution in [0, 0.1) is 6.92 Å². The Morgan fingerprint density at radius 3 is 2.75 bits per heavy atom. The van der Waals surface area contributed by atoms with E-state index in [1.807, 2.05) is 18.2 Å². The molecule has 1 aromatic carbocycles. The van der Waals surface area contributed by atoms with Gasteiger partial charge in [0.15, 0.2) is 0 Å². The molecule has 2 aromatic rings. The average molecular weight is 273 g/mol. The van der Waals surface area contributed by atoms with E-state index in [2.05, 4.69) is 42.3 Å². The summed E-state index contributed by atoms with van der Waals surface area (Å²) in [4.78, 5) is 4.53. The van der Waals surface area contributed by atoms with E-state index < -0.39 is 0 Å². The molecular formula is C16H23N3O. The Bertz CT molecular complexity index is 530. The third-order valence-corrected chi connectivity index (χ3v) is 3.41. The highest BCUT2D eigenvalue weighted by molar-refractivity contribution is 5.58. The van der Waals surface area contributed by atoms with Crippen molar-refractivity contribution in [3.63, 3.8) is 0 Å². The van der Waals surface area contributed by atoms with Crippen LogP contribution in [-0.4, -0.2) is 22.7 Å². The highest BCUT2D eigenvalue weighted by Gasteiger charge is 2.14. The summed E-state index contributed by atoms with van der Waals surface area (Å²) in [6.07, 6.45) is 3.06. The van der Waals surface area contributed by atoms with E-state index in [0.717, 1.165) is 36.9 Å². The summed E-state index contributed by atoms with van der Waals surface area (Å²) < 4.78 is 5.40. The summed E-state index contributed by atoms with van der Waals surface area (Å²) >= 11 is 0. The van der Waals surface area contributed by atoms with E-state index >= 15 is 0 Å². The zero-order valence-electron chi connectivity index (χ0n) is 12.5.